The molecule has 1 aromatic rings. The molecule has 82 valence electrons. The molecular weight excluding hydrogens is 192 g/mol. The summed E-state index contributed by atoms with van der Waals surface area (Å²) in [5, 5.41) is 1.99. The minimum Gasteiger partial charge on any atom is -0.350 e. The first kappa shape index (κ1) is 10.2. The lowest BCUT2D eigenvalue weighted by Gasteiger charge is -2.19. The van der Waals surface area contributed by atoms with Gasteiger partial charge in [0, 0.05) is 19.3 Å². The number of amides is 1. The number of carbonyl (C=O) groups excluding carboxylic acids is 1. The Morgan fingerprint density at radius 1 is 1.33 bits per heavy atom. The van der Waals surface area contributed by atoms with Gasteiger partial charge in [0.2, 0.25) is 0 Å². The van der Waals surface area contributed by atoms with E-state index in [1.54, 1.807) is 6.20 Å². The average molecular weight is 208 g/mol. The molecule has 0 bridgehead atoms. The van der Waals surface area contributed by atoms with Crippen LogP contribution in [-0.4, -0.2) is 34.0 Å². The third-order valence-electron chi connectivity index (χ3n) is 2.60. The molecule has 2 rings (SSSR count). The van der Waals surface area contributed by atoms with Crippen molar-refractivity contribution >= 4 is 5.91 Å². The van der Waals surface area contributed by atoms with Crippen LogP contribution in [0, 0.1) is 0 Å². The Labute approximate surface area is 88.9 Å². The van der Waals surface area contributed by atoms with Crippen molar-refractivity contribution in [1.29, 1.82) is 0 Å². The van der Waals surface area contributed by atoms with Crippen LogP contribution in [0.5, 0.6) is 0 Å². The van der Waals surface area contributed by atoms with Gasteiger partial charge in [-0.2, -0.15) is 0 Å². The van der Waals surface area contributed by atoms with Crippen LogP contribution in [0.15, 0.2) is 12.5 Å². The van der Waals surface area contributed by atoms with E-state index in [0.29, 0.717) is 5.69 Å². The van der Waals surface area contributed by atoms with Crippen LogP contribution in [-0.2, 0) is 0 Å². The Bertz CT molecular complexity index is 301. The lowest BCUT2D eigenvalue weighted by Crippen LogP contribution is -2.42. The summed E-state index contributed by atoms with van der Waals surface area (Å²) in [6.07, 6.45) is 7.94. The van der Waals surface area contributed by atoms with Crippen molar-refractivity contribution in [3.05, 3.63) is 18.2 Å². The lowest BCUT2D eigenvalue weighted by atomic mass is 10.2. The fourth-order valence-corrected chi connectivity index (χ4v) is 1.77. The third-order valence-corrected chi connectivity index (χ3v) is 2.60. The number of imidazole rings is 1. The second-order valence-electron chi connectivity index (χ2n) is 3.80. The van der Waals surface area contributed by atoms with Gasteiger partial charge in [0.05, 0.1) is 6.33 Å². The summed E-state index contributed by atoms with van der Waals surface area (Å²) in [6, 6.07) is 0. The van der Waals surface area contributed by atoms with E-state index in [2.05, 4.69) is 15.4 Å². The van der Waals surface area contributed by atoms with E-state index in [-0.39, 0.29) is 5.91 Å². The molecule has 0 radical (unpaired) electrons. The van der Waals surface area contributed by atoms with Gasteiger partial charge in [0.25, 0.3) is 5.91 Å². The van der Waals surface area contributed by atoms with Crippen molar-refractivity contribution in [1.82, 2.24) is 20.4 Å². The SMILES string of the molecule is O=C(NN1CCCCCC1)c1c[nH]cn1. The molecule has 1 amide bonds. The number of aromatic nitrogens is 2. The fourth-order valence-electron chi connectivity index (χ4n) is 1.77. The Morgan fingerprint density at radius 3 is 2.67 bits per heavy atom. The van der Waals surface area contributed by atoms with Gasteiger partial charge in [0.15, 0.2) is 0 Å². The molecule has 1 fully saturated rings. The summed E-state index contributed by atoms with van der Waals surface area (Å²) in [5.41, 5.74) is 3.32. The molecule has 1 saturated heterocycles. The van der Waals surface area contributed by atoms with Crippen molar-refractivity contribution in [3.8, 4) is 0 Å². The van der Waals surface area contributed by atoms with Crippen LogP contribution in [0.3, 0.4) is 0 Å². The van der Waals surface area contributed by atoms with Crippen LogP contribution in [0.4, 0.5) is 0 Å². The number of nitrogens with zero attached hydrogens (tertiary/aromatic N) is 2. The largest absolute Gasteiger partial charge is 0.350 e. The van der Waals surface area contributed by atoms with Gasteiger partial charge in [-0.3, -0.25) is 10.2 Å². The fraction of sp³-hybridized carbons (Fsp3) is 0.600. The summed E-state index contributed by atoms with van der Waals surface area (Å²) >= 11 is 0. The Balaban J connectivity index is 1.87. The van der Waals surface area contributed by atoms with Crippen molar-refractivity contribution in [2.45, 2.75) is 25.7 Å². The summed E-state index contributed by atoms with van der Waals surface area (Å²) in [6.45, 7) is 1.88. The molecule has 0 atom stereocenters. The van der Waals surface area contributed by atoms with E-state index in [1.807, 2.05) is 5.01 Å². The Morgan fingerprint density at radius 2 is 2.07 bits per heavy atom. The van der Waals surface area contributed by atoms with Crippen molar-refractivity contribution < 1.29 is 4.79 Å². The molecule has 5 heteroatoms. The minimum absolute atomic E-state index is 0.127. The number of nitrogens with one attached hydrogen (secondary N) is 2. The molecular formula is C10H16N4O. The predicted octanol–water partition coefficient (Wildman–Crippen LogP) is 0.930. The normalized spacial score (nSPS) is 18.4. The van der Waals surface area contributed by atoms with Crippen molar-refractivity contribution in [2.75, 3.05) is 13.1 Å². The van der Waals surface area contributed by atoms with Crippen LogP contribution in [0.2, 0.25) is 0 Å². The topological polar surface area (TPSA) is 61.0 Å². The second kappa shape index (κ2) is 4.93. The third kappa shape index (κ3) is 2.79. The van der Waals surface area contributed by atoms with E-state index in [4.69, 9.17) is 0 Å². The van der Waals surface area contributed by atoms with Gasteiger partial charge in [-0.1, -0.05) is 12.8 Å². The molecule has 2 heterocycles. The molecule has 2 N–H and O–H groups in total. The number of hydrogen-bond acceptors (Lipinski definition) is 3. The smallest absolute Gasteiger partial charge is 0.285 e. The first-order chi connectivity index (χ1) is 7.36. The standard InChI is InChI=1S/C10H16N4O/c15-10(9-7-11-8-12-9)13-14-5-3-1-2-4-6-14/h7-8H,1-6H2,(H,11,12)(H,13,15). The zero-order valence-corrected chi connectivity index (χ0v) is 8.70. The average Bonchev–Trinajstić information content (AvgIpc) is 2.65. The highest BCUT2D eigenvalue weighted by Crippen LogP contribution is 2.07. The van der Waals surface area contributed by atoms with Crippen molar-refractivity contribution in [3.63, 3.8) is 0 Å². The number of hydrazine groups is 1. The first-order valence-corrected chi connectivity index (χ1v) is 5.41. The van der Waals surface area contributed by atoms with Gasteiger partial charge in [0.1, 0.15) is 5.69 Å². The van der Waals surface area contributed by atoms with E-state index in [0.717, 1.165) is 25.9 Å². The maximum atomic E-state index is 11.7. The first-order valence-electron chi connectivity index (χ1n) is 5.41. The van der Waals surface area contributed by atoms with E-state index >= 15 is 0 Å². The number of rotatable bonds is 2. The molecule has 5 nitrogen and oxygen atoms in total. The summed E-state index contributed by atoms with van der Waals surface area (Å²) < 4.78 is 0. The van der Waals surface area contributed by atoms with E-state index in [1.165, 1.54) is 19.2 Å². The highest BCUT2D eigenvalue weighted by Gasteiger charge is 2.13. The summed E-state index contributed by atoms with van der Waals surface area (Å²) in [7, 11) is 0. The van der Waals surface area contributed by atoms with Gasteiger partial charge in [-0.25, -0.2) is 9.99 Å². The molecule has 15 heavy (non-hydrogen) atoms. The highest BCUT2D eigenvalue weighted by molar-refractivity contribution is 5.91. The monoisotopic (exact) mass is 208 g/mol. The molecule has 1 aromatic heterocycles. The van der Waals surface area contributed by atoms with Gasteiger partial charge >= 0.3 is 0 Å². The second-order valence-corrected chi connectivity index (χ2v) is 3.80. The maximum Gasteiger partial charge on any atom is 0.285 e. The summed E-state index contributed by atoms with van der Waals surface area (Å²) in [5.74, 6) is -0.127. The maximum absolute atomic E-state index is 11.7. The molecule has 0 spiro atoms. The molecule has 0 aromatic carbocycles. The van der Waals surface area contributed by atoms with E-state index in [9.17, 15) is 4.79 Å². The summed E-state index contributed by atoms with van der Waals surface area (Å²) in [4.78, 5) is 18.3. The highest BCUT2D eigenvalue weighted by atomic mass is 16.2. The minimum atomic E-state index is -0.127. The number of aromatic amines is 1. The van der Waals surface area contributed by atoms with Crippen LogP contribution < -0.4 is 5.43 Å². The number of H-pyrrole nitrogens is 1. The van der Waals surface area contributed by atoms with Gasteiger partial charge in [-0.05, 0) is 12.8 Å². The molecule has 0 unspecified atom stereocenters. The van der Waals surface area contributed by atoms with Crippen LogP contribution in [0.1, 0.15) is 36.2 Å². The number of hydrogen-bond donors (Lipinski definition) is 2. The number of carbonyl (C=O) groups is 1. The van der Waals surface area contributed by atoms with Gasteiger partial charge in [-0.15, -0.1) is 0 Å². The van der Waals surface area contributed by atoms with E-state index < -0.39 is 0 Å². The molecule has 1 aliphatic rings. The quantitative estimate of drug-likeness (QED) is 0.760. The Hall–Kier alpha value is -1.36. The molecule has 0 aliphatic carbocycles. The zero-order chi connectivity index (χ0) is 10.5. The zero-order valence-electron chi connectivity index (χ0n) is 8.70. The van der Waals surface area contributed by atoms with Crippen molar-refractivity contribution in [2.24, 2.45) is 0 Å². The lowest BCUT2D eigenvalue weighted by molar-refractivity contribution is 0.0789. The molecule has 0 saturated carbocycles. The predicted molar refractivity (Wildman–Crippen MR) is 56.1 cm³/mol. The van der Waals surface area contributed by atoms with Crippen LogP contribution >= 0.6 is 0 Å². The molecule has 1 aliphatic heterocycles. The van der Waals surface area contributed by atoms with Crippen LogP contribution in [0.25, 0.3) is 0 Å². The van der Waals surface area contributed by atoms with Gasteiger partial charge < -0.3 is 4.98 Å². The Kier molecular flexibility index (Phi) is 3.34.